The summed E-state index contributed by atoms with van der Waals surface area (Å²) in [7, 11) is 3.09. The molecule has 7 nitrogen and oxygen atoms in total. The molecule has 0 aliphatic carbocycles. The van der Waals surface area contributed by atoms with Gasteiger partial charge in [-0.1, -0.05) is 17.4 Å². The second-order valence-electron chi connectivity index (χ2n) is 4.32. The maximum atomic E-state index is 12.2. The van der Waals surface area contributed by atoms with Gasteiger partial charge in [0.1, 0.15) is 6.20 Å². The van der Waals surface area contributed by atoms with E-state index in [4.69, 9.17) is 9.47 Å². The minimum absolute atomic E-state index is 0.268. The van der Waals surface area contributed by atoms with Crippen molar-refractivity contribution in [3.05, 3.63) is 55.2 Å². The van der Waals surface area contributed by atoms with Gasteiger partial charge in [0.05, 0.1) is 18.8 Å². The maximum absolute atomic E-state index is 12.2. The first-order valence-corrected chi connectivity index (χ1v) is 7.06. The summed E-state index contributed by atoms with van der Waals surface area (Å²) >= 11 is 1.11. The van der Waals surface area contributed by atoms with Gasteiger partial charge in [0.15, 0.2) is 11.5 Å². The highest BCUT2D eigenvalue weighted by Gasteiger charge is 2.07. The highest BCUT2D eigenvalue weighted by atomic mass is 32.1. The number of nitrogens with zero attached hydrogens (tertiary/aromatic N) is 3. The van der Waals surface area contributed by atoms with Gasteiger partial charge in [-0.25, -0.2) is 0 Å². The first-order valence-electron chi connectivity index (χ1n) is 6.25. The standard InChI is InChI=1S/C14H11N3O4S/c1-20-9-4-3-8(5-10(9)21-2)6-11-13(19)17-14(22-11)16-12(18)7-15-17/h3-7H,1-2H3/b11-6+. The Bertz CT molecular complexity index is 1010. The Labute approximate surface area is 128 Å². The summed E-state index contributed by atoms with van der Waals surface area (Å²) in [5, 5.41) is 3.78. The van der Waals surface area contributed by atoms with Gasteiger partial charge < -0.3 is 9.47 Å². The molecule has 0 aliphatic heterocycles. The van der Waals surface area contributed by atoms with Gasteiger partial charge in [0.25, 0.3) is 11.1 Å². The SMILES string of the molecule is COc1ccc(/C=c2/sc3nc(=O)cnn3c2=O)cc1OC. The third-order valence-electron chi connectivity index (χ3n) is 2.98. The van der Waals surface area contributed by atoms with E-state index in [1.165, 1.54) is 0 Å². The smallest absolute Gasteiger partial charge is 0.292 e. The lowest BCUT2D eigenvalue weighted by atomic mass is 10.2. The Morgan fingerprint density at radius 3 is 2.68 bits per heavy atom. The van der Waals surface area contributed by atoms with E-state index in [1.54, 1.807) is 38.5 Å². The molecule has 0 fully saturated rings. The molecule has 112 valence electrons. The lowest BCUT2D eigenvalue weighted by molar-refractivity contribution is 0.355. The van der Waals surface area contributed by atoms with E-state index >= 15 is 0 Å². The van der Waals surface area contributed by atoms with Crippen LogP contribution in [0.5, 0.6) is 11.5 Å². The molecule has 0 atom stereocenters. The first kappa shape index (κ1) is 14.2. The molecule has 1 aromatic carbocycles. The van der Waals surface area contributed by atoms with Gasteiger partial charge in [-0.05, 0) is 23.8 Å². The monoisotopic (exact) mass is 317 g/mol. The van der Waals surface area contributed by atoms with Crippen molar-refractivity contribution in [2.75, 3.05) is 14.2 Å². The van der Waals surface area contributed by atoms with E-state index in [1.807, 2.05) is 0 Å². The van der Waals surface area contributed by atoms with Crippen molar-refractivity contribution in [2.45, 2.75) is 0 Å². The topological polar surface area (TPSA) is 82.8 Å². The number of aromatic nitrogens is 3. The minimum Gasteiger partial charge on any atom is -0.493 e. The first-order chi connectivity index (χ1) is 10.6. The predicted molar refractivity (Wildman–Crippen MR) is 81.7 cm³/mol. The van der Waals surface area contributed by atoms with Crippen molar-refractivity contribution in [3.8, 4) is 11.5 Å². The number of rotatable bonds is 3. The lowest BCUT2D eigenvalue weighted by Gasteiger charge is -2.07. The zero-order valence-corrected chi connectivity index (χ0v) is 12.6. The van der Waals surface area contributed by atoms with Crippen molar-refractivity contribution in [1.82, 2.24) is 14.6 Å². The quantitative estimate of drug-likeness (QED) is 0.680. The molecule has 0 unspecified atom stereocenters. The largest absolute Gasteiger partial charge is 0.493 e. The number of benzene rings is 1. The van der Waals surface area contributed by atoms with Crippen LogP contribution < -0.4 is 25.1 Å². The van der Waals surface area contributed by atoms with Crippen LogP contribution in [0, 0.1) is 0 Å². The van der Waals surface area contributed by atoms with E-state index in [9.17, 15) is 9.59 Å². The lowest BCUT2D eigenvalue weighted by Crippen LogP contribution is -2.25. The van der Waals surface area contributed by atoms with Gasteiger partial charge in [-0.2, -0.15) is 14.6 Å². The number of methoxy groups -OCH3 is 2. The van der Waals surface area contributed by atoms with Gasteiger partial charge in [0, 0.05) is 0 Å². The highest BCUT2D eigenvalue weighted by molar-refractivity contribution is 7.15. The fourth-order valence-corrected chi connectivity index (χ4v) is 2.88. The van der Waals surface area contributed by atoms with Crippen LogP contribution in [0.1, 0.15) is 5.56 Å². The third kappa shape index (κ3) is 2.44. The molecule has 0 spiro atoms. The van der Waals surface area contributed by atoms with Crippen LogP contribution in [-0.2, 0) is 0 Å². The Morgan fingerprint density at radius 2 is 1.95 bits per heavy atom. The van der Waals surface area contributed by atoms with Crippen molar-refractivity contribution in [1.29, 1.82) is 0 Å². The van der Waals surface area contributed by atoms with Crippen LogP contribution in [0.3, 0.4) is 0 Å². The van der Waals surface area contributed by atoms with E-state index < -0.39 is 5.56 Å². The molecular formula is C14H11N3O4S. The van der Waals surface area contributed by atoms with Crippen molar-refractivity contribution in [2.24, 2.45) is 0 Å². The Kier molecular flexibility index (Phi) is 3.60. The molecule has 2 heterocycles. The average Bonchev–Trinajstić information content (AvgIpc) is 2.82. The second kappa shape index (κ2) is 5.57. The Balaban J connectivity index is 2.18. The van der Waals surface area contributed by atoms with Gasteiger partial charge in [-0.15, -0.1) is 0 Å². The number of thiazole rings is 1. The third-order valence-corrected chi connectivity index (χ3v) is 3.94. The Hall–Kier alpha value is -2.74. The molecule has 0 aliphatic rings. The number of hydrogen-bond donors (Lipinski definition) is 0. The summed E-state index contributed by atoms with van der Waals surface area (Å²) in [6, 6.07) is 5.31. The summed E-state index contributed by atoms with van der Waals surface area (Å²) in [5.41, 5.74) is -0.0227. The molecule has 3 rings (SSSR count). The van der Waals surface area contributed by atoms with Crippen molar-refractivity contribution < 1.29 is 9.47 Å². The van der Waals surface area contributed by atoms with Crippen molar-refractivity contribution >= 4 is 22.4 Å². The van der Waals surface area contributed by atoms with Gasteiger partial charge >= 0.3 is 0 Å². The number of fused-ring (bicyclic) bond motifs is 1. The van der Waals surface area contributed by atoms with E-state index in [0.717, 1.165) is 27.6 Å². The van der Waals surface area contributed by atoms with E-state index in [0.29, 0.717) is 16.0 Å². The summed E-state index contributed by atoms with van der Waals surface area (Å²) in [6.45, 7) is 0. The summed E-state index contributed by atoms with van der Waals surface area (Å²) in [5.74, 6) is 1.17. The second-order valence-corrected chi connectivity index (χ2v) is 5.33. The molecule has 0 N–H and O–H groups in total. The maximum Gasteiger partial charge on any atom is 0.292 e. The average molecular weight is 317 g/mol. The molecule has 3 aromatic rings. The van der Waals surface area contributed by atoms with Crippen LogP contribution in [0.2, 0.25) is 0 Å². The minimum atomic E-state index is -0.473. The molecule has 0 amide bonds. The molecule has 0 saturated heterocycles. The van der Waals surface area contributed by atoms with Gasteiger partial charge in [-0.3, -0.25) is 9.59 Å². The zero-order valence-electron chi connectivity index (χ0n) is 11.8. The predicted octanol–water partition coefficient (Wildman–Crippen LogP) is 0.0761. The molecule has 0 bridgehead atoms. The van der Waals surface area contributed by atoms with Crippen molar-refractivity contribution in [3.63, 3.8) is 0 Å². The molecule has 22 heavy (non-hydrogen) atoms. The summed E-state index contributed by atoms with van der Waals surface area (Å²) < 4.78 is 11.9. The molecule has 0 saturated carbocycles. The molecular weight excluding hydrogens is 306 g/mol. The molecule has 2 aromatic heterocycles. The fourth-order valence-electron chi connectivity index (χ4n) is 1.96. The zero-order chi connectivity index (χ0) is 15.7. The van der Waals surface area contributed by atoms with Crippen LogP contribution in [0.15, 0.2) is 34.0 Å². The van der Waals surface area contributed by atoms with E-state index in [-0.39, 0.29) is 10.5 Å². The summed E-state index contributed by atoms with van der Waals surface area (Å²) in [4.78, 5) is 27.4. The number of hydrogen-bond acceptors (Lipinski definition) is 7. The normalized spacial score (nSPS) is 11.8. The number of ether oxygens (including phenoxy) is 2. The fraction of sp³-hybridized carbons (Fsp3) is 0.143. The molecule has 0 radical (unpaired) electrons. The Morgan fingerprint density at radius 1 is 1.18 bits per heavy atom. The van der Waals surface area contributed by atoms with Crippen LogP contribution in [-0.4, -0.2) is 28.8 Å². The van der Waals surface area contributed by atoms with Gasteiger partial charge in [0.2, 0.25) is 4.96 Å². The highest BCUT2D eigenvalue weighted by Crippen LogP contribution is 2.27. The van der Waals surface area contributed by atoms with Crippen LogP contribution in [0.25, 0.3) is 11.0 Å². The van der Waals surface area contributed by atoms with E-state index in [2.05, 4.69) is 10.1 Å². The molecule has 8 heteroatoms. The van der Waals surface area contributed by atoms with Crippen LogP contribution >= 0.6 is 11.3 Å². The summed E-state index contributed by atoms with van der Waals surface area (Å²) in [6.07, 6.45) is 2.71. The van der Waals surface area contributed by atoms with Crippen LogP contribution in [0.4, 0.5) is 0 Å².